The third kappa shape index (κ3) is 4.07. The summed E-state index contributed by atoms with van der Waals surface area (Å²) in [5.41, 5.74) is 0. The molecule has 0 amide bonds. The van der Waals surface area contributed by atoms with Crippen LogP contribution in [0.1, 0.15) is 34.1 Å². The van der Waals surface area contributed by atoms with Crippen LogP contribution in [0.3, 0.4) is 0 Å². The van der Waals surface area contributed by atoms with Gasteiger partial charge in [-0.15, -0.1) is 0 Å². The highest BCUT2D eigenvalue weighted by Crippen LogP contribution is 2.38. The van der Waals surface area contributed by atoms with Crippen molar-refractivity contribution < 1.29 is 18.7 Å². The molecule has 0 spiro atoms. The summed E-state index contributed by atoms with van der Waals surface area (Å²) in [7, 11) is -2.63. The SMILES string of the molecule is CCOC(=O)C1CC(O[Si](c2ccccc2)(c2ccccc2)C(C)(C)C)CO1. The summed E-state index contributed by atoms with van der Waals surface area (Å²) in [6.07, 6.45) is -0.146. The Bertz CT molecular complexity index is 731. The van der Waals surface area contributed by atoms with Crippen LogP contribution in [0, 0.1) is 0 Å². The zero-order valence-electron chi connectivity index (χ0n) is 17.2. The molecule has 0 aliphatic carbocycles. The number of ether oxygens (including phenoxy) is 2. The van der Waals surface area contributed by atoms with Gasteiger partial charge in [0.1, 0.15) is 0 Å². The second kappa shape index (κ2) is 8.60. The quantitative estimate of drug-likeness (QED) is 0.553. The molecule has 2 aromatic carbocycles. The molecule has 0 aromatic heterocycles. The molecule has 150 valence electrons. The van der Waals surface area contributed by atoms with Crippen LogP contribution >= 0.6 is 0 Å². The third-order valence-corrected chi connectivity index (χ3v) is 10.4. The number of esters is 1. The van der Waals surface area contributed by atoms with E-state index in [1.807, 2.05) is 19.1 Å². The first kappa shape index (κ1) is 20.8. The van der Waals surface area contributed by atoms with Gasteiger partial charge in [0.05, 0.1) is 19.3 Å². The highest BCUT2D eigenvalue weighted by atomic mass is 28.4. The molecule has 1 aliphatic rings. The van der Waals surface area contributed by atoms with Crippen molar-refractivity contribution >= 4 is 24.7 Å². The molecule has 4 nitrogen and oxygen atoms in total. The van der Waals surface area contributed by atoms with Gasteiger partial charge in [-0.3, -0.25) is 0 Å². The Morgan fingerprint density at radius 1 is 1.04 bits per heavy atom. The average Bonchev–Trinajstić information content (AvgIpc) is 3.15. The molecule has 2 atom stereocenters. The molecule has 1 heterocycles. The molecule has 5 heteroatoms. The second-order valence-electron chi connectivity index (χ2n) is 8.21. The number of hydrogen-bond donors (Lipinski definition) is 0. The van der Waals surface area contributed by atoms with E-state index in [9.17, 15) is 4.79 Å². The lowest BCUT2D eigenvalue weighted by molar-refractivity contribution is -0.153. The molecule has 2 unspecified atom stereocenters. The fraction of sp³-hybridized carbons (Fsp3) is 0.435. The van der Waals surface area contributed by atoms with Gasteiger partial charge in [0.15, 0.2) is 6.10 Å². The smallest absolute Gasteiger partial charge is 0.335 e. The Morgan fingerprint density at radius 2 is 1.57 bits per heavy atom. The monoisotopic (exact) mass is 398 g/mol. The van der Waals surface area contributed by atoms with E-state index in [-0.39, 0.29) is 17.1 Å². The Morgan fingerprint density at radius 3 is 2.04 bits per heavy atom. The molecule has 1 saturated heterocycles. The minimum atomic E-state index is -2.63. The van der Waals surface area contributed by atoms with Crippen molar-refractivity contribution in [3.8, 4) is 0 Å². The number of hydrogen-bond acceptors (Lipinski definition) is 4. The first-order valence-corrected chi connectivity index (χ1v) is 11.9. The first-order chi connectivity index (χ1) is 13.4. The summed E-state index contributed by atoms with van der Waals surface area (Å²) < 4.78 is 17.9. The fourth-order valence-electron chi connectivity index (χ4n) is 4.02. The van der Waals surface area contributed by atoms with Gasteiger partial charge >= 0.3 is 5.97 Å². The molecule has 2 aromatic rings. The van der Waals surface area contributed by atoms with Crippen molar-refractivity contribution in [2.75, 3.05) is 13.2 Å². The van der Waals surface area contributed by atoms with Crippen LogP contribution in [-0.4, -0.2) is 39.7 Å². The van der Waals surface area contributed by atoms with Crippen molar-refractivity contribution in [3.05, 3.63) is 60.7 Å². The minimum absolute atomic E-state index is 0.0995. The lowest BCUT2D eigenvalue weighted by Gasteiger charge is -2.44. The number of benzene rings is 2. The molecule has 0 saturated carbocycles. The van der Waals surface area contributed by atoms with E-state index >= 15 is 0 Å². The van der Waals surface area contributed by atoms with Gasteiger partial charge in [-0.25, -0.2) is 4.79 Å². The number of carbonyl (C=O) groups excluding carboxylic acids is 1. The van der Waals surface area contributed by atoms with Gasteiger partial charge in [0, 0.05) is 6.42 Å². The van der Waals surface area contributed by atoms with E-state index in [2.05, 4.69) is 69.3 Å². The summed E-state index contributed by atoms with van der Waals surface area (Å²) in [5, 5.41) is 2.36. The summed E-state index contributed by atoms with van der Waals surface area (Å²) >= 11 is 0. The Labute approximate surface area is 169 Å². The molecular formula is C23H30O4Si. The van der Waals surface area contributed by atoms with Crippen molar-refractivity contribution in [1.29, 1.82) is 0 Å². The van der Waals surface area contributed by atoms with Crippen LogP contribution in [-0.2, 0) is 18.7 Å². The van der Waals surface area contributed by atoms with Gasteiger partial charge in [0.25, 0.3) is 8.32 Å². The molecule has 28 heavy (non-hydrogen) atoms. The standard InChI is InChI=1S/C23H30O4Si/c1-5-25-22(24)21-16-18(17-26-21)27-28(23(2,3)4,19-12-8-6-9-13-19)20-14-10-7-11-15-20/h6-15,18,21H,5,16-17H2,1-4H3. The topological polar surface area (TPSA) is 44.8 Å². The van der Waals surface area contributed by atoms with Gasteiger partial charge in [0.2, 0.25) is 0 Å². The third-order valence-electron chi connectivity index (χ3n) is 5.27. The maximum absolute atomic E-state index is 12.1. The van der Waals surface area contributed by atoms with Crippen LogP contribution < -0.4 is 10.4 Å². The fourth-order valence-corrected chi connectivity index (χ4v) is 8.70. The Balaban J connectivity index is 1.99. The normalized spacial score (nSPS) is 20.1. The maximum Gasteiger partial charge on any atom is 0.335 e. The molecule has 1 fully saturated rings. The van der Waals surface area contributed by atoms with Crippen molar-refractivity contribution in [2.45, 2.75) is 51.4 Å². The predicted octanol–water partition coefficient (Wildman–Crippen LogP) is 3.28. The summed E-state index contributed by atoms with van der Waals surface area (Å²) in [4.78, 5) is 12.1. The molecule has 0 N–H and O–H groups in total. The van der Waals surface area contributed by atoms with Crippen LogP contribution in [0.15, 0.2) is 60.7 Å². The zero-order valence-corrected chi connectivity index (χ0v) is 18.2. The molecule has 0 radical (unpaired) electrons. The second-order valence-corrected chi connectivity index (χ2v) is 12.5. The van der Waals surface area contributed by atoms with E-state index in [0.717, 1.165) is 0 Å². The Kier molecular flexibility index (Phi) is 6.38. The molecule has 1 aliphatic heterocycles. The first-order valence-electron chi connectivity index (χ1n) is 9.95. The molecule has 3 rings (SSSR count). The van der Waals surface area contributed by atoms with E-state index in [1.165, 1.54) is 10.4 Å². The molecule has 0 bridgehead atoms. The highest BCUT2D eigenvalue weighted by molar-refractivity contribution is 6.99. The number of carbonyl (C=O) groups is 1. The lowest BCUT2D eigenvalue weighted by atomic mass is 10.2. The lowest BCUT2D eigenvalue weighted by Crippen LogP contribution is -2.67. The Hall–Kier alpha value is -1.95. The highest BCUT2D eigenvalue weighted by Gasteiger charge is 2.52. The summed E-state index contributed by atoms with van der Waals surface area (Å²) in [5.74, 6) is -0.295. The summed E-state index contributed by atoms with van der Waals surface area (Å²) in [6, 6.07) is 21.0. The van der Waals surface area contributed by atoms with Gasteiger partial charge in [-0.2, -0.15) is 0 Å². The summed E-state index contributed by atoms with van der Waals surface area (Å²) in [6.45, 7) is 9.32. The van der Waals surface area contributed by atoms with Gasteiger partial charge < -0.3 is 13.9 Å². The van der Waals surface area contributed by atoms with Crippen LogP contribution in [0.25, 0.3) is 0 Å². The van der Waals surface area contributed by atoms with Crippen molar-refractivity contribution in [1.82, 2.24) is 0 Å². The zero-order chi connectivity index (χ0) is 20.2. The maximum atomic E-state index is 12.1. The van der Waals surface area contributed by atoms with Crippen molar-refractivity contribution in [2.24, 2.45) is 0 Å². The average molecular weight is 399 g/mol. The number of rotatable bonds is 6. The van der Waals surface area contributed by atoms with Crippen molar-refractivity contribution in [3.63, 3.8) is 0 Å². The van der Waals surface area contributed by atoms with Gasteiger partial charge in [-0.05, 0) is 22.3 Å². The minimum Gasteiger partial charge on any atom is -0.464 e. The largest absolute Gasteiger partial charge is 0.464 e. The van der Waals surface area contributed by atoms with Crippen LogP contribution in [0.4, 0.5) is 0 Å². The van der Waals surface area contributed by atoms with E-state index in [0.29, 0.717) is 19.6 Å². The van der Waals surface area contributed by atoms with Gasteiger partial charge in [-0.1, -0.05) is 81.4 Å². The van der Waals surface area contributed by atoms with E-state index < -0.39 is 14.4 Å². The van der Waals surface area contributed by atoms with Crippen LogP contribution in [0.2, 0.25) is 5.04 Å². The van der Waals surface area contributed by atoms with E-state index in [4.69, 9.17) is 13.9 Å². The molecular weight excluding hydrogens is 368 g/mol. The van der Waals surface area contributed by atoms with E-state index in [1.54, 1.807) is 0 Å². The predicted molar refractivity (Wildman–Crippen MR) is 113 cm³/mol. The van der Waals surface area contributed by atoms with Crippen LogP contribution in [0.5, 0.6) is 0 Å².